The van der Waals surface area contributed by atoms with Gasteiger partial charge in [0.05, 0.1) is 28.0 Å². The highest BCUT2D eigenvalue weighted by Gasteiger charge is 2.22. The topological polar surface area (TPSA) is 38.3 Å². The lowest BCUT2D eigenvalue weighted by molar-refractivity contribution is 0.0619. The van der Waals surface area contributed by atoms with Gasteiger partial charge < -0.3 is 10.1 Å². The molecule has 0 spiro atoms. The molecule has 1 heterocycles. The molecule has 1 aromatic heterocycles. The van der Waals surface area contributed by atoms with Crippen LogP contribution in [0.5, 0.6) is 0 Å². The van der Waals surface area contributed by atoms with Crippen LogP contribution in [0.25, 0.3) is 0 Å². The molecule has 2 rings (SSSR count). The fourth-order valence-corrected chi connectivity index (χ4v) is 2.78. The van der Waals surface area contributed by atoms with E-state index in [2.05, 4.69) is 5.32 Å². The van der Waals surface area contributed by atoms with Crippen LogP contribution in [0, 0.1) is 0 Å². The minimum Gasteiger partial charge on any atom is -0.374 e. The van der Waals surface area contributed by atoms with Crippen LogP contribution < -0.4 is 5.32 Å². The maximum absolute atomic E-state index is 12.1. The van der Waals surface area contributed by atoms with Gasteiger partial charge in [-0.2, -0.15) is 0 Å². The molecule has 112 valence electrons. The largest absolute Gasteiger partial charge is 0.374 e. The molecular formula is C16H18ClNO2S. The first-order valence-electron chi connectivity index (χ1n) is 6.66. The summed E-state index contributed by atoms with van der Waals surface area (Å²) in [6, 6.07) is 13.4. The number of hydrogen-bond acceptors (Lipinski definition) is 3. The van der Waals surface area contributed by atoms with Crippen LogP contribution in [0.15, 0.2) is 42.5 Å². The van der Waals surface area contributed by atoms with Crippen LogP contribution in [0.2, 0.25) is 4.34 Å². The molecule has 3 nitrogen and oxygen atoms in total. The summed E-state index contributed by atoms with van der Waals surface area (Å²) in [5, 5.41) is 2.96. The minimum absolute atomic E-state index is 0.125. The summed E-state index contributed by atoms with van der Waals surface area (Å²) < 4.78 is 6.30. The summed E-state index contributed by atoms with van der Waals surface area (Å²) >= 11 is 7.11. The molecule has 1 aromatic carbocycles. The number of rotatable bonds is 6. The van der Waals surface area contributed by atoms with Crippen molar-refractivity contribution < 1.29 is 9.53 Å². The van der Waals surface area contributed by atoms with Gasteiger partial charge in [-0.05, 0) is 31.5 Å². The standard InChI is InChI=1S/C16H18ClNO2S/c1-16(2,11-20-10-12-6-4-3-5-7-12)18-15(19)13-8-9-14(17)21-13/h3-9H,10-11H2,1-2H3,(H,18,19). The number of ether oxygens (including phenoxy) is 1. The summed E-state index contributed by atoms with van der Waals surface area (Å²) in [5.74, 6) is -0.125. The summed E-state index contributed by atoms with van der Waals surface area (Å²) in [6.07, 6.45) is 0. The fraction of sp³-hybridized carbons (Fsp3) is 0.312. The molecule has 0 aliphatic rings. The number of halogens is 1. The lowest BCUT2D eigenvalue weighted by Crippen LogP contribution is -2.46. The predicted octanol–water partition coefficient (Wildman–Crippen LogP) is 4.13. The third kappa shape index (κ3) is 5.16. The predicted molar refractivity (Wildman–Crippen MR) is 87.0 cm³/mol. The van der Waals surface area contributed by atoms with Crippen LogP contribution in [0.4, 0.5) is 0 Å². The number of nitrogens with one attached hydrogen (secondary N) is 1. The van der Waals surface area contributed by atoms with E-state index < -0.39 is 5.54 Å². The molecule has 21 heavy (non-hydrogen) atoms. The smallest absolute Gasteiger partial charge is 0.261 e. The number of carbonyl (C=O) groups is 1. The first-order valence-corrected chi connectivity index (χ1v) is 7.85. The molecule has 0 saturated heterocycles. The summed E-state index contributed by atoms with van der Waals surface area (Å²) in [5.41, 5.74) is 0.673. The van der Waals surface area contributed by atoms with Gasteiger partial charge in [0, 0.05) is 0 Å². The Bertz CT molecular complexity index is 595. The molecule has 0 aliphatic carbocycles. The summed E-state index contributed by atoms with van der Waals surface area (Å²) in [6.45, 7) is 4.84. The SMILES string of the molecule is CC(C)(COCc1ccccc1)NC(=O)c1ccc(Cl)s1. The van der Waals surface area contributed by atoms with Crippen molar-refractivity contribution in [2.45, 2.75) is 26.0 Å². The number of benzene rings is 1. The quantitative estimate of drug-likeness (QED) is 0.868. The summed E-state index contributed by atoms with van der Waals surface area (Å²) in [4.78, 5) is 12.7. The van der Waals surface area contributed by atoms with E-state index in [0.29, 0.717) is 22.4 Å². The lowest BCUT2D eigenvalue weighted by atomic mass is 10.1. The molecule has 0 radical (unpaired) electrons. The second-order valence-electron chi connectivity index (χ2n) is 5.42. The third-order valence-electron chi connectivity index (χ3n) is 2.82. The van der Waals surface area contributed by atoms with Gasteiger partial charge in [0.1, 0.15) is 0 Å². The molecule has 5 heteroatoms. The third-order valence-corrected chi connectivity index (χ3v) is 4.05. The van der Waals surface area contributed by atoms with E-state index in [1.165, 1.54) is 11.3 Å². The monoisotopic (exact) mass is 323 g/mol. The molecule has 0 aliphatic heterocycles. The van der Waals surface area contributed by atoms with E-state index >= 15 is 0 Å². The van der Waals surface area contributed by atoms with Crippen LogP contribution in [0.3, 0.4) is 0 Å². The molecule has 1 N–H and O–H groups in total. The van der Waals surface area contributed by atoms with Gasteiger partial charge >= 0.3 is 0 Å². The second kappa shape index (κ2) is 7.07. The highest BCUT2D eigenvalue weighted by Crippen LogP contribution is 2.21. The Labute approximate surface area is 133 Å². The van der Waals surface area contributed by atoms with Crippen molar-refractivity contribution >= 4 is 28.8 Å². The number of thiophene rings is 1. The average molecular weight is 324 g/mol. The van der Waals surface area contributed by atoms with Gasteiger partial charge in [-0.25, -0.2) is 0 Å². The van der Waals surface area contributed by atoms with Crippen LogP contribution in [0.1, 0.15) is 29.1 Å². The van der Waals surface area contributed by atoms with Gasteiger partial charge in [0.15, 0.2) is 0 Å². The summed E-state index contributed by atoms with van der Waals surface area (Å²) in [7, 11) is 0. The highest BCUT2D eigenvalue weighted by molar-refractivity contribution is 7.18. The Morgan fingerprint density at radius 2 is 1.95 bits per heavy atom. The van der Waals surface area contributed by atoms with E-state index in [1.807, 2.05) is 44.2 Å². The number of carbonyl (C=O) groups excluding carboxylic acids is 1. The zero-order chi connectivity index (χ0) is 15.3. The first-order chi connectivity index (χ1) is 9.96. The van der Waals surface area contributed by atoms with Crippen molar-refractivity contribution in [2.24, 2.45) is 0 Å². The Morgan fingerprint density at radius 1 is 1.24 bits per heavy atom. The maximum atomic E-state index is 12.1. The van der Waals surface area contributed by atoms with Gasteiger partial charge in [-0.1, -0.05) is 41.9 Å². The zero-order valence-corrected chi connectivity index (χ0v) is 13.6. The number of amides is 1. The Hall–Kier alpha value is -1.36. The molecule has 0 atom stereocenters. The van der Waals surface area contributed by atoms with Crippen molar-refractivity contribution in [2.75, 3.05) is 6.61 Å². The van der Waals surface area contributed by atoms with Crippen LogP contribution >= 0.6 is 22.9 Å². The Balaban J connectivity index is 1.82. The first kappa shape index (κ1) is 16.0. The van der Waals surface area contributed by atoms with Crippen molar-refractivity contribution in [1.29, 1.82) is 0 Å². The molecule has 0 fully saturated rings. The maximum Gasteiger partial charge on any atom is 0.261 e. The van der Waals surface area contributed by atoms with Gasteiger partial charge in [-0.3, -0.25) is 4.79 Å². The van der Waals surface area contributed by atoms with Gasteiger partial charge in [0.2, 0.25) is 0 Å². The van der Waals surface area contributed by atoms with Crippen molar-refractivity contribution in [1.82, 2.24) is 5.32 Å². The van der Waals surface area contributed by atoms with Gasteiger partial charge in [0.25, 0.3) is 5.91 Å². The van der Waals surface area contributed by atoms with Crippen molar-refractivity contribution in [3.05, 3.63) is 57.2 Å². The molecule has 0 bridgehead atoms. The minimum atomic E-state index is -0.442. The molecule has 2 aromatic rings. The Morgan fingerprint density at radius 3 is 2.57 bits per heavy atom. The van der Waals surface area contributed by atoms with Crippen LogP contribution in [-0.4, -0.2) is 18.1 Å². The number of hydrogen-bond donors (Lipinski definition) is 1. The van der Waals surface area contributed by atoms with Crippen molar-refractivity contribution in [3.8, 4) is 0 Å². The second-order valence-corrected chi connectivity index (χ2v) is 7.14. The van der Waals surface area contributed by atoms with E-state index in [-0.39, 0.29) is 5.91 Å². The molecular weight excluding hydrogens is 306 g/mol. The molecule has 0 unspecified atom stereocenters. The molecule has 1 amide bonds. The molecule has 0 saturated carbocycles. The van der Waals surface area contributed by atoms with E-state index in [1.54, 1.807) is 12.1 Å². The average Bonchev–Trinajstić information content (AvgIpc) is 2.86. The van der Waals surface area contributed by atoms with E-state index in [0.717, 1.165) is 5.56 Å². The zero-order valence-electron chi connectivity index (χ0n) is 12.1. The van der Waals surface area contributed by atoms with Crippen LogP contribution in [-0.2, 0) is 11.3 Å². The lowest BCUT2D eigenvalue weighted by Gasteiger charge is -2.25. The highest BCUT2D eigenvalue weighted by atomic mass is 35.5. The Kier molecular flexibility index (Phi) is 5.39. The van der Waals surface area contributed by atoms with Crippen molar-refractivity contribution in [3.63, 3.8) is 0 Å². The van der Waals surface area contributed by atoms with Gasteiger partial charge in [-0.15, -0.1) is 11.3 Å². The van der Waals surface area contributed by atoms with E-state index in [4.69, 9.17) is 16.3 Å². The fourth-order valence-electron chi connectivity index (χ4n) is 1.84. The van der Waals surface area contributed by atoms with E-state index in [9.17, 15) is 4.79 Å². The normalized spacial score (nSPS) is 11.4.